The Morgan fingerprint density at radius 2 is 1.36 bits per heavy atom. The third-order valence-electron chi connectivity index (χ3n) is 7.05. The first-order chi connectivity index (χ1) is 21.7. The second-order valence-corrected chi connectivity index (χ2v) is 10.2. The van der Waals surface area contributed by atoms with E-state index in [4.69, 9.17) is 14.2 Å². The molecule has 0 aromatic heterocycles. The third kappa shape index (κ3) is 8.67. The predicted molar refractivity (Wildman–Crippen MR) is 175 cm³/mol. The number of ether oxygens (including phenoxy) is 3. The Morgan fingerprint density at radius 3 is 2.07 bits per heavy atom. The van der Waals surface area contributed by atoms with E-state index in [1.165, 1.54) is 19.3 Å². The summed E-state index contributed by atoms with van der Waals surface area (Å²) in [5, 5.41) is 10.2. The van der Waals surface area contributed by atoms with Crippen LogP contribution in [0.3, 0.4) is 0 Å². The van der Waals surface area contributed by atoms with Crippen LogP contribution in [-0.2, 0) is 9.59 Å². The van der Waals surface area contributed by atoms with E-state index in [-0.39, 0.29) is 17.3 Å². The third-order valence-corrected chi connectivity index (χ3v) is 7.05. The Bertz CT molecular complexity index is 1780. The van der Waals surface area contributed by atoms with Gasteiger partial charge in [0.05, 0.1) is 20.1 Å². The summed E-state index contributed by atoms with van der Waals surface area (Å²) in [6.45, 7) is 3.64. The molecule has 45 heavy (non-hydrogen) atoms. The fourth-order valence-electron chi connectivity index (χ4n) is 4.45. The topological polar surface area (TPSA) is 99.1 Å². The van der Waals surface area contributed by atoms with E-state index in [1.54, 1.807) is 92.9 Å². The summed E-state index contributed by atoms with van der Waals surface area (Å²) in [6, 6.07) is 26.4. The van der Waals surface area contributed by atoms with Gasteiger partial charge in [-0.2, -0.15) is 0 Å². The first kappa shape index (κ1) is 32.2. The van der Waals surface area contributed by atoms with Crippen molar-refractivity contribution in [2.75, 3.05) is 14.2 Å². The Hall–Kier alpha value is -5.69. The molecule has 4 aromatic carbocycles. The van der Waals surface area contributed by atoms with E-state index < -0.39 is 17.7 Å². The van der Waals surface area contributed by atoms with Gasteiger partial charge in [0.15, 0.2) is 23.1 Å². The monoisotopic (exact) mass is 602 g/mol. The molecule has 4 aromatic rings. The number of aliphatic hydroxyl groups excluding tert-OH is 1. The predicted octanol–water partition coefficient (Wildman–Crippen LogP) is 7.69. The number of allylic oxidation sites excluding steroid dienone is 3. The molecule has 1 unspecified atom stereocenters. The number of hydrogen-bond acceptors (Lipinski definition) is 7. The van der Waals surface area contributed by atoms with Crippen molar-refractivity contribution >= 4 is 29.7 Å². The number of ketones is 2. The maximum Gasteiger partial charge on any atom is 0.318 e. The number of esters is 1. The molecule has 1 atom stereocenters. The molecule has 4 rings (SSSR count). The SMILES string of the molecule is COc1cc(/C=C/C(O)=C/C(=O)/C=C/c2ccc(OC(=O)C(C)c3cccc(C(=O)c4ccccc4)c3)c(OC)c2)ccc1C. The van der Waals surface area contributed by atoms with Crippen molar-refractivity contribution in [3.8, 4) is 17.2 Å². The highest BCUT2D eigenvalue weighted by molar-refractivity contribution is 6.09. The van der Waals surface area contributed by atoms with Crippen LogP contribution in [0.4, 0.5) is 0 Å². The van der Waals surface area contributed by atoms with Gasteiger partial charge in [-0.05, 0) is 72.5 Å². The molecule has 7 heteroatoms. The minimum Gasteiger partial charge on any atom is -0.508 e. The minimum atomic E-state index is -0.656. The van der Waals surface area contributed by atoms with Gasteiger partial charge in [-0.3, -0.25) is 14.4 Å². The summed E-state index contributed by atoms with van der Waals surface area (Å²) in [5.74, 6) is -0.689. The molecule has 0 spiro atoms. The largest absolute Gasteiger partial charge is 0.508 e. The van der Waals surface area contributed by atoms with Gasteiger partial charge in [0.25, 0.3) is 0 Å². The van der Waals surface area contributed by atoms with Crippen molar-refractivity contribution in [1.29, 1.82) is 0 Å². The standard InChI is InChI=1S/C38H34O7/c1-25-13-14-27(21-35(25)43-3)15-18-32(39)24-33(40)19-16-28-17-20-34(36(22-28)44-4)45-38(42)26(2)30-11-8-12-31(23-30)37(41)29-9-6-5-7-10-29/h5-24,26,39H,1-4H3/b18-15+,19-16+,32-24-. The smallest absolute Gasteiger partial charge is 0.318 e. The highest BCUT2D eigenvalue weighted by atomic mass is 16.6. The van der Waals surface area contributed by atoms with E-state index in [9.17, 15) is 19.5 Å². The average Bonchev–Trinajstić information content (AvgIpc) is 3.07. The van der Waals surface area contributed by atoms with Crippen molar-refractivity contribution in [2.24, 2.45) is 0 Å². The lowest BCUT2D eigenvalue weighted by atomic mass is 9.96. The van der Waals surface area contributed by atoms with E-state index in [1.807, 2.05) is 31.2 Å². The Labute approximate surface area is 262 Å². The van der Waals surface area contributed by atoms with E-state index >= 15 is 0 Å². The van der Waals surface area contributed by atoms with Crippen molar-refractivity contribution in [3.63, 3.8) is 0 Å². The number of carbonyl (C=O) groups excluding carboxylic acids is 3. The van der Waals surface area contributed by atoms with Crippen LogP contribution >= 0.6 is 0 Å². The molecule has 0 heterocycles. The van der Waals surface area contributed by atoms with Crippen LogP contribution in [0.15, 0.2) is 115 Å². The van der Waals surface area contributed by atoms with Crippen LogP contribution in [0, 0.1) is 6.92 Å². The van der Waals surface area contributed by atoms with Crippen LogP contribution in [0.25, 0.3) is 12.2 Å². The normalized spacial score (nSPS) is 12.2. The van der Waals surface area contributed by atoms with Crippen molar-refractivity contribution in [1.82, 2.24) is 0 Å². The highest BCUT2D eigenvalue weighted by Crippen LogP contribution is 2.31. The number of rotatable bonds is 12. The Morgan fingerprint density at radius 1 is 0.711 bits per heavy atom. The minimum absolute atomic E-state index is 0.132. The summed E-state index contributed by atoms with van der Waals surface area (Å²) in [6.07, 6.45) is 7.09. The Kier molecular flexibility index (Phi) is 10.9. The summed E-state index contributed by atoms with van der Waals surface area (Å²) in [5.41, 5.74) is 4.11. The molecule has 0 radical (unpaired) electrons. The summed E-state index contributed by atoms with van der Waals surface area (Å²) in [4.78, 5) is 38.3. The first-order valence-corrected chi connectivity index (χ1v) is 14.2. The second-order valence-electron chi connectivity index (χ2n) is 10.2. The van der Waals surface area contributed by atoms with Crippen LogP contribution in [0.2, 0.25) is 0 Å². The lowest BCUT2D eigenvalue weighted by Crippen LogP contribution is -2.17. The maximum absolute atomic E-state index is 13.1. The lowest BCUT2D eigenvalue weighted by molar-refractivity contribution is -0.135. The van der Waals surface area contributed by atoms with Gasteiger partial charge >= 0.3 is 5.97 Å². The van der Waals surface area contributed by atoms with Gasteiger partial charge in [-0.1, -0.05) is 78.9 Å². The number of hydrogen-bond donors (Lipinski definition) is 1. The molecular weight excluding hydrogens is 568 g/mol. The number of aliphatic hydroxyl groups is 1. The van der Waals surface area contributed by atoms with Crippen molar-refractivity contribution in [2.45, 2.75) is 19.8 Å². The summed E-state index contributed by atoms with van der Waals surface area (Å²) in [7, 11) is 3.04. The van der Waals surface area contributed by atoms with Gasteiger partial charge in [-0.15, -0.1) is 0 Å². The zero-order valence-corrected chi connectivity index (χ0v) is 25.5. The molecule has 0 fully saturated rings. The van der Waals surface area contributed by atoms with Crippen LogP contribution in [0.5, 0.6) is 17.2 Å². The zero-order chi connectivity index (χ0) is 32.3. The number of benzene rings is 4. The van der Waals surface area contributed by atoms with E-state index in [2.05, 4.69) is 0 Å². The first-order valence-electron chi connectivity index (χ1n) is 14.2. The van der Waals surface area contributed by atoms with Crippen LogP contribution < -0.4 is 14.2 Å². The molecule has 0 saturated heterocycles. The van der Waals surface area contributed by atoms with Gasteiger partial charge in [0.2, 0.25) is 0 Å². The maximum atomic E-state index is 13.1. The van der Waals surface area contributed by atoms with Gasteiger partial charge in [-0.25, -0.2) is 0 Å². The molecule has 1 N–H and O–H groups in total. The number of carbonyl (C=O) groups is 3. The van der Waals surface area contributed by atoms with Crippen LogP contribution in [-0.4, -0.2) is 36.9 Å². The molecule has 0 aliphatic carbocycles. The lowest BCUT2D eigenvalue weighted by Gasteiger charge is -2.15. The quantitative estimate of drug-likeness (QED) is 0.0443. The zero-order valence-electron chi connectivity index (χ0n) is 25.5. The molecule has 0 aliphatic rings. The summed E-state index contributed by atoms with van der Waals surface area (Å²) < 4.78 is 16.4. The average molecular weight is 603 g/mol. The summed E-state index contributed by atoms with van der Waals surface area (Å²) >= 11 is 0. The molecule has 0 bridgehead atoms. The Balaban J connectivity index is 1.40. The van der Waals surface area contributed by atoms with Gasteiger partial charge in [0.1, 0.15) is 11.5 Å². The fourth-order valence-corrected chi connectivity index (χ4v) is 4.45. The fraction of sp³-hybridized carbons (Fsp3) is 0.132. The number of aryl methyl sites for hydroxylation is 1. The van der Waals surface area contributed by atoms with Gasteiger partial charge < -0.3 is 19.3 Å². The molecular formula is C38H34O7. The van der Waals surface area contributed by atoms with Crippen LogP contribution in [0.1, 0.15) is 51.0 Å². The van der Waals surface area contributed by atoms with Crippen molar-refractivity contribution < 1.29 is 33.7 Å². The highest BCUT2D eigenvalue weighted by Gasteiger charge is 2.21. The number of methoxy groups -OCH3 is 2. The van der Waals surface area contributed by atoms with E-state index in [0.29, 0.717) is 28.0 Å². The molecule has 0 aliphatic heterocycles. The van der Waals surface area contributed by atoms with Crippen molar-refractivity contribution in [3.05, 3.63) is 148 Å². The molecule has 0 amide bonds. The molecule has 0 saturated carbocycles. The second kappa shape index (κ2) is 15.2. The molecule has 228 valence electrons. The van der Waals surface area contributed by atoms with Gasteiger partial charge in [0, 0.05) is 17.2 Å². The van der Waals surface area contributed by atoms with E-state index in [0.717, 1.165) is 23.0 Å². The molecule has 7 nitrogen and oxygen atoms in total.